The van der Waals surface area contributed by atoms with Crippen molar-refractivity contribution in [1.29, 1.82) is 0 Å². The fraction of sp³-hybridized carbons (Fsp3) is 0.467. The molecule has 0 saturated carbocycles. The summed E-state index contributed by atoms with van der Waals surface area (Å²) in [6.07, 6.45) is 0.920. The molecule has 0 spiro atoms. The van der Waals surface area contributed by atoms with Gasteiger partial charge in [-0.25, -0.2) is 4.39 Å². The van der Waals surface area contributed by atoms with Crippen molar-refractivity contribution in [2.24, 2.45) is 5.92 Å². The summed E-state index contributed by atoms with van der Waals surface area (Å²) in [5.74, 6) is -1.44. The third-order valence-electron chi connectivity index (χ3n) is 3.48. The second kappa shape index (κ2) is 7.17. The lowest BCUT2D eigenvalue weighted by Gasteiger charge is -2.18. The van der Waals surface area contributed by atoms with Crippen LogP contribution < -0.4 is 5.32 Å². The first-order valence-electron chi connectivity index (χ1n) is 6.89. The smallest absolute Gasteiger partial charge is 0.305 e. The van der Waals surface area contributed by atoms with Crippen molar-refractivity contribution >= 4 is 11.9 Å². The van der Waals surface area contributed by atoms with Crippen LogP contribution in [0.3, 0.4) is 0 Å². The van der Waals surface area contributed by atoms with Gasteiger partial charge in [-0.1, -0.05) is 12.1 Å². The first-order chi connectivity index (χ1) is 10.0. The molecule has 0 radical (unpaired) electrons. The van der Waals surface area contributed by atoms with E-state index in [1.165, 1.54) is 24.3 Å². The van der Waals surface area contributed by atoms with Crippen LogP contribution in [0.2, 0.25) is 0 Å². The van der Waals surface area contributed by atoms with Crippen molar-refractivity contribution in [3.05, 3.63) is 35.6 Å². The minimum Gasteiger partial charge on any atom is -0.481 e. The van der Waals surface area contributed by atoms with Gasteiger partial charge in [0, 0.05) is 19.6 Å². The molecular formula is C15H18FNO4. The zero-order chi connectivity index (χ0) is 15.2. The van der Waals surface area contributed by atoms with E-state index in [2.05, 4.69) is 5.32 Å². The van der Waals surface area contributed by atoms with Crippen LogP contribution in [0.25, 0.3) is 0 Å². The number of carboxylic acids is 1. The molecule has 2 rings (SSSR count). The molecule has 1 aliphatic heterocycles. The monoisotopic (exact) mass is 295 g/mol. The average molecular weight is 295 g/mol. The maximum Gasteiger partial charge on any atom is 0.305 e. The molecule has 1 saturated heterocycles. The summed E-state index contributed by atoms with van der Waals surface area (Å²) >= 11 is 0. The number of carbonyl (C=O) groups excluding carboxylic acids is 1. The molecule has 114 valence electrons. The van der Waals surface area contributed by atoms with E-state index < -0.39 is 17.8 Å². The molecule has 0 bridgehead atoms. The van der Waals surface area contributed by atoms with Gasteiger partial charge in [0.15, 0.2) is 0 Å². The highest BCUT2D eigenvalue weighted by Crippen LogP contribution is 2.20. The maximum atomic E-state index is 12.9. The molecule has 1 aromatic rings. The van der Waals surface area contributed by atoms with Crippen molar-refractivity contribution in [2.75, 3.05) is 13.2 Å². The van der Waals surface area contributed by atoms with E-state index in [-0.39, 0.29) is 18.2 Å². The summed E-state index contributed by atoms with van der Waals surface area (Å²) in [6.45, 7) is 1.22. The lowest BCUT2D eigenvalue weighted by Crippen LogP contribution is -2.31. The van der Waals surface area contributed by atoms with Crippen LogP contribution in [0.15, 0.2) is 24.3 Å². The van der Waals surface area contributed by atoms with Gasteiger partial charge in [-0.3, -0.25) is 9.59 Å². The number of nitrogens with one attached hydrogen (secondary N) is 1. The second-order valence-electron chi connectivity index (χ2n) is 5.20. The molecule has 2 N–H and O–H groups in total. The molecule has 1 heterocycles. The molecule has 1 amide bonds. The molecule has 0 unspecified atom stereocenters. The summed E-state index contributed by atoms with van der Waals surface area (Å²) in [7, 11) is 0. The molecule has 6 heteroatoms. The van der Waals surface area contributed by atoms with Crippen LogP contribution in [0.5, 0.6) is 0 Å². The van der Waals surface area contributed by atoms with Crippen LogP contribution in [0, 0.1) is 11.7 Å². The van der Waals surface area contributed by atoms with Gasteiger partial charge in [-0.05, 0) is 30.0 Å². The van der Waals surface area contributed by atoms with E-state index in [0.29, 0.717) is 25.2 Å². The first kappa shape index (κ1) is 15.4. The highest BCUT2D eigenvalue weighted by Gasteiger charge is 2.22. The Labute approximate surface area is 122 Å². The van der Waals surface area contributed by atoms with E-state index in [9.17, 15) is 14.0 Å². The van der Waals surface area contributed by atoms with E-state index in [1.807, 2.05) is 0 Å². The SMILES string of the molecule is O=C(O)C[C@@H](NC(=O)C[C@@H]1CCOC1)c1ccc(F)cc1. The largest absolute Gasteiger partial charge is 0.481 e. The Morgan fingerprint density at radius 1 is 1.38 bits per heavy atom. The first-order valence-corrected chi connectivity index (χ1v) is 6.89. The summed E-state index contributed by atoms with van der Waals surface area (Å²) in [6, 6.07) is 4.82. The zero-order valence-corrected chi connectivity index (χ0v) is 11.5. The Hall–Kier alpha value is -1.95. The normalized spacial score (nSPS) is 19.2. The van der Waals surface area contributed by atoms with Gasteiger partial charge in [-0.15, -0.1) is 0 Å². The topological polar surface area (TPSA) is 75.6 Å². The molecule has 1 aliphatic rings. The van der Waals surface area contributed by atoms with Gasteiger partial charge >= 0.3 is 5.97 Å². The van der Waals surface area contributed by atoms with Gasteiger partial charge < -0.3 is 15.2 Å². The summed E-state index contributed by atoms with van der Waals surface area (Å²) in [4.78, 5) is 22.9. The van der Waals surface area contributed by atoms with E-state index in [4.69, 9.17) is 9.84 Å². The van der Waals surface area contributed by atoms with Gasteiger partial charge in [0.05, 0.1) is 12.5 Å². The number of aliphatic carboxylic acids is 1. The number of halogens is 1. The number of ether oxygens (including phenoxy) is 1. The summed E-state index contributed by atoms with van der Waals surface area (Å²) in [5.41, 5.74) is 0.579. The fourth-order valence-corrected chi connectivity index (χ4v) is 2.38. The van der Waals surface area contributed by atoms with Crippen LogP contribution in [0.1, 0.15) is 30.9 Å². The van der Waals surface area contributed by atoms with Crippen LogP contribution in [0.4, 0.5) is 4.39 Å². The molecule has 5 nitrogen and oxygen atoms in total. The number of carbonyl (C=O) groups is 2. The number of rotatable bonds is 6. The van der Waals surface area contributed by atoms with E-state index in [1.54, 1.807) is 0 Å². The van der Waals surface area contributed by atoms with Crippen molar-refractivity contribution in [2.45, 2.75) is 25.3 Å². The molecule has 2 atom stereocenters. The number of amides is 1. The second-order valence-corrected chi connectivity index (χ2v) is 5.20. The predicted molar refractivity (Wildman–Crippen MR) is 73.1 cm³/mol. The van der Waals surface area contributed by atoms with Gasteiger partial charge in [0.25, 0.3) is 0 Å². The Kier molecular flexibility index (Phi) is 5.27. The Morgan fingerprint density at radius 3 is 2.67 bits per heavy atom. The van der Waals surface area contributed by atoms with Crippen molar-refractivity contribution < 1.29 is 23.8 Å². The molecule has 1 aromatic carbocycles. The maximum absolute atomic E-state index is 12.9. The number of hydrogen-bond acceptors (Lipinski definition) is 3. The summed E-state index contributed by atoms with van der Waals surface area (Å²) in [5, 5.41) is 11.7. The highest BCUT2D eigenvalue weighted by atomic mass is 19.1. The molecule has 1 fully saturated rings. The molecular weight excluding hydrogens is 277 g/mol. The van der Waals surface area contributed by atoms with Crippen molar-refractivity contribution in [1.82, 2.24) is 5.32 Å². The molecule has 21 heavy (non-hydrogen) atoms. The molecule has 0 aromatic heterocycles. The zero-order valence-electron chi connectivity index (χ0n) is 11.5. The standard InChI is InChI=1S/C15H18FNO4/c16-12-3-1-11(2-4-12)13(8-15(19)20)17-14(18)7-10-5-6-21-9-10/h1-4,10,13H,5-9H2,(H,17,18)(H,19,20)/t10-,13+/m0/s1. The van der Waals surface area contributed by atoms with Crippen LogP contribution >= 0.6 is 0 Å². The van der Waals surface area contributed by atoms with Crippen molar-refractivity contribution in [3.8, 4) is 0 Å². The third-order valence-corrected chi connectivity index (χ3v) is 3.48. The number of hydrogen-bond donors (Lipinski definition) is 2. The molecule has 0 aliphatic carbocycles. The van der Waals surface area contributed by atoms with E-state index in [0.717, 1.165) is 6.42 Å². The van der Waals surface area contributed by atoms with Crippen molar-refractivity contribution in [3.63, 3.8) is 0 Å². The average Bonchev–Trinajstić information content (AvgIpc) is 2.91. The lowest BCUT2D eigenvalue weighted by molar-refractivity contribution is -0.137. The third kappa shape index (κ3) is 4.82. The Morgan fingerprint density at radius 2 is 2.10 bits per heavy atom. The number of benzene rings is 1. The van der Waals surface area contributed by atoms with Gasteiger partial charge in [-0.2, -0.15) is 0 Å². The lowest BCUT2D eigenvalue weighted by atomic mass is 10.0. The minimum atomic E-state index is -1.02. The van der Waals surface area contributed by atoms with Crippen LogP contribution in [-0.4, -0.2) is 30.2 Å². The van der Waals surface area contributed by atoms with Crippen LogP contribution in [-0.2, 0) is 14.3 Å². The quantitative estimate of drug-likeness (QED) is 0.840. The minimum absolute atomic E-state index is 0.184. The van der Waals surface area contributed by atoms with E-state index >= 15 is 0 Å². The summed E-state index contributed by atoms with van der Waals surface area (Å²) < 4.78 is 18.1. The van der Waals surface area contributed by atoms with Gasteiger partial charge in [0.2, 0.25) is 5.91 Å². The highest BCUT2D eigenvalue weighted by molar-refractivity contribution is 5.78. The fourth-order valence-electron chi connectivity index (χ4n) is 2.38. The Bertz CT molecular complexity index is 497. The Balaban J connectivity index is 1.99. The predicted octanol–water partition coefficient (Wildman–Crippen LogP) is 1.88. The number of carboxylic acid groups (broad SMARTS) is 1. The van der Waals surface area contributed by atoms with Gasteiger partial charge in [0.1, 0.15) is 5.82 Å².